The van der Waals surface area contributed by atoms with Crippen LogP contribution in [0.15, 0.2) is 12.1 Å². The number of aromatic hydroxyl groups is 1. The highest BCUT2D eigenvalue weighted by Crippen LogP contribution is 2.16. The minimum absolute atomic E-state index is 0.300. The lowest BCUT2D eigenvalue weighted by atomic mass is 10.2. The first-order valence-corrected chi connectivity index (χ1v) is 6.71. The van der Waals surface area contributed by atoms with Crippen molar-refractivity contribution in [3.63, 3.8) is 0 Å². The molecule has 1 N–H and O–H groups in total. The second-order valence-corrected chi connectivity index (χ2v) is 5.20. The third-order valence-electron chi connectivity index (χ3n) is 3.51. The SMILES string of the molecule is Cc1ccc(O)c(CN(C)CCN2CCCC2)n1. The molecule has 18 heavy (non-hydrogen) atoms. The van der Waals surface area contributed by atoms with Crippen LogP contribution in [0.3, 0.4) is 0 Å². The van der Waals surface area contributed by atoms with Crippen LogP contribution in [0, 0.1) is 6.92 Å². The van der Waals surface area contributed by atoms with Crippen molar-refractivity contribution in [2.45, 2.75) is 26.3 Å². The Morgan fingerprint density at radius 3 is 2.78 bits per heavy atom. The summed E-state index contributed by atoms with van der Waals surface area (Å²) in [4.78, 5) is 9.11. The van der Waals surface area contributed by atoms with Gasteiger partial charge in [-0.3, -0.25) is 9.88 Å². The third-order valence-corrected chi connectivity index (χ3v) is 3.51. The molecule has 1 aliphatic heterocycles. The van der Waals surface area contributed by atoms with E-state index in [4.69, 9.17) is 0 Å². The molecule has 1 fully saturated rings. The fourth-order valence-corrected chi connectivity index (χ4v) is 2.37. The summed E-state index contributed by atoms with van der Waals surface area (Å²) in [7, 11) is 2.08. The quantitative estimate of drug-likeness (QED) is 0.861. The Labute approximate surface area is 109 Å². The maximum Gasteiger partial charge on any atom is 0.138 e. The van der Waals surface area contributed by atoms with E-state index >= 15 is 0 Å². The lowest BCUT2D eigenvalue weighted by Crippen LogP contribution is -2.31. The number of likely N-dealkylation sites (tertiary alicyclic amines) is 1. The van der Waals surface area contributed by atoms with Gasteiger partial charge in [0.05, 0.1) is 5.69 Å². The normalized spacial score (nSPS) is 16.6. The Morgan fingerprint density at radius 1 is 1.33 bits per heavy atom. The summed E-state index contributed by atoms with van der Waals surface area (Å²) < 4.78 is 0. The lowest BCUT2D eigenvalue weighted by Gasteiger charge is -2.21. The van der Waals surface area contributed by atoms with Gasteiger partial charge in [-0.1, -0.05) is 0 Å². The topological polar surface area (TPSA) is 39.6 Å². The summed E-state index contributed by atoms with van der Waals surface area (Å²) in [6.07, 6.45) is 2.67. The monoisotopic (exact) mass is 249 g/mol. The number of hydrogen-bond acceptors (Lipinski definition) is 4. The number of likely N-dealkylation sites (N-methyl/N-ethyl adjacent to an activating group) is 1. The molecule has 4 heteroatoms. The molecule has 0 amide bonds. The zero-order chi connectivity index (χ0) is 13.0. The first kappa shape index (κ1) is 13.3. The predicted molar refractivity (Wildman–Crippen MR) is 72.6 cm³/mol. The smallest absolute Gasteiger partial charge is 0.138 e. The lowest BCUT2D eigenvalue weighted by molar-refractivity contribution is 0.248. The first-order chi connectivity index (χ1) is 8.65. The van der Waals surface area contributed by atoms with Gasteiger partial charge in [-0.05, 0) is 52.0 Å². The van der Waals surface area contributed by atoms with Crippen molar-refractivity contribution in [2.24, 2.45) is 0 Å². The summed E-state index contributed by atoms with van der Waals surface area (Å²) in [6, 6.07) is 3.56. The Bertz CT molecular complexity index is 389. The molecule has 1 aliphatic rings. The molecule has 0 radical (unpaired) electrons. The van der Waals surface area contributed by atoms with Crippen LogP contribution in [0.25, 0.3) is 0 Å². The van der Waals surface area contributed by atoms with Gasteiger partial charge in [0.15, 0.2) is 0 Å². The van der Waals surface area contributed by atoms with Crippen molar-refractivity contribution in [2.75, 3.05) is 33.2 Å². The van der Waals surface area contributed by atoms with Crippen molar-refractivity contribution in [3.8, 4) is 5.75 Å². The first-order valence-electron chi connectivity index (χ1n) is 6.71. The van der Waals surface area contributed by atoms with E-state index in [-0.39, 0.29) is 0 Å². The Kier molecular flexibility index (Phi) is 4.55. The van der Waals surface area contributed by atoms with Crippen molar-refractivity contribution >= 4 is 0 Å². The number of aryl methyl sites for hydroxylation is 1. The minimum atomic E-state index is 0.300. The number of nitrogens with zero attached hydrogens (tertiary/aromatic N) is 3. The molecule has 1 saturated heterocycles. The van der Waals surface area contributed by atoms with Gasteiger partial charge in [0, 0.05) is 25.3 Å². The van der Waals surface area contributed by atoms with Crippen molar-refractivity contribution in [3.05, 3.63) is 23.5 Å². The second-order valence-electron chi connectivity index (χ2n) is 5.20. The van der Waals surface area contributed by atoms with E-state index in [1.165, 1.54) is 25.9 Å². The largest absolute Gasteiger partial charge is 0.506 e. The van der Waals surface area contributed by atoms with E-state index in [2.05, 4.69) is 21.8 Å². The molecule has 0 atom stereocenters. The van der Waals surface area contributed by atoms with E-state index in [9.17, 15) is 5.11 Å². The average Bonchev–Trinajstić information content (AvgIpc) is 2.84. The number of rotatable bonds is 5. The molecular weight excluding hydrogens is 226 g/mol. The highest BCUT2D eigenvalue weighted by Gasteiger charge is 2.12. The number of aromatic nitrogens is 1. The summed E-state index contributed by atoms with van der Waals surface area (Å²) in [6.45, 7) is 7.27. The fourth-order valence-electron chi connectivity index (χ4n) is 2.37. The van der Waals surface area contributed by atoms with Crippen LogP contribution >= 0.6 is 0 Å². The molecule has 0 unspecified atom stereocenters. The molecular formula is C14H23N3O. The molecule has 4 nitrogen and oxygen atoms in total. The van der Waals surface area contributed by atoms with E-state index in [0.717, 1.165) is 24.5 Å². The highest BCUT2D eigenvalue weighted by molar-refractivity contribution is 5.27. The summed E-state index contributed by atoms with van der Waals surface area (Å²) >= 11 is 0. The van der Waals surface area contributed by atoms with Gasteiger partial charge in [-0.15, -0.1) is 0 Å². The van der Waals surface area contributed by atoms with Crippen molar-refractivity contribution in [1.29, 1.82) is 0 Å². The Hall–Kier alpha value is -1.13. The van der Waals surface area contributed by atoms with Gasteiger partial charge >= 0.3 is 0 Å². The van der Waals surface area contributed by atoms with Crippen LogP contribution < -0.4 is 0 Å². The third kappa shape index (κ3) is 3.68. The molecule has 0 bridgehead atoms. The molecule has 1 aromatic heterocycles. The molecule has 0 aliphatic carbocycles. The summed E-state index contributed by atoms with van der Waals surface area (Å²) in [5.41, 5.74) is 1.73. The van der Waals surface area contributed by atoms with E-state index in [1.54, 1.807) is 6.07 Å². The Balaban J connectivity index is 1.82. The van der Waals surface area contributed by atoms with Crippen LogP contribution in [0.2, 0.25) is 0 Å². The highest BCUT2D eigenvalue weighted by atomic mass is 16.3. The van der Waals surface area contributed by atoms with E-state index in [1.807, 2.05) is 13.0 Å². The van der Waals surface area contributed by atoms with Gasteiger partial charge < -0.3 is 10.0 Å². The number of hydrogen-bond donors (Lipinski definition) is 1. The van der Waals surface area contributed by atoms with Crippen LogP contribution in [0.4, 0.5) is 0 Å². The molecule has 100 valence electrons. The van der Waals surface area contributed by atoms with Crippen LogP contribution in [0.5, 0.6) is 5.75 Å². The second kappa shape index (κ2) is 6.16. The standard InChI is InChI=1S/C14H23N3O/c1-12-5-6-14(18)13(15-12)11-16(2)9-10-17-7-3-4-8-17/h5-6,18H,3-4,7-11H2,1-2H3. The van der Waals surface area contributed by atoms with Gasteiger partial charge in [0.1, 0.15) is 5.75 Å². The Morgan fingerprint density at radius 2 is 2.06 bits per heavy atom. The minimum Gasteiger partial charge on any atom is -0.506 e. The predicted octanol–water partition coefficient (Wildman–Crippen LogP) is 1.62. The molecule has 2 heterocycles. The molecule has 1 aromatic rings. The molecule has 0 aromatic carbocycles. The van der Waals surface area contributed by atoms with Gasteiger partial charge in [0.25, 0.3) is 0 Å². The maximum absolute atomic E-state index is 9.76. The van der Waals surface area contributed by atoms with E-state index < -0.39 is 0 Å². The molecule has 0 spiro atoms. The maximum atomic E-state index is 9.76. The van der Waals surface area contributed by atoms with Crippen LogP contribution in [-0.4, -0.2) is 53.1 Å². The summed E-state index contributed by atoms with van der Waals surface area (Å²) in [5, 5.41) is 9.76. The van der Waals surface area contributed by atoms with Gasteiger partial charge in [-0.25, -0.2) is 0 Å². The zero-order valence-electron chi connectivity index (χ0n) is 11.4. The molecule has 0 saturated carbocycles. The number of pyridine rings is 1. The van der Waals surface area contributed by atoms with Crippen LogP contribution in [-0.2, 0) is 6.54 Å². The van der Waals surface area contributed by atoms with Gasteiger partial charge in [0.2, 0.25) is 0 Å². The van der Waals surface area contributed by atoms with Gasteiger partial charge in [-0.2, -0.15) is 0 Å². The van der Waals surface area contributed by atoms with Crippen molar-refractivity contribution in [1.82, 2.24) is 14.8 Å². The fraction of sp³-hybridized carbons (Fsp3) is 0.643. The van der Waals surface area contributed by atoms with Crippen LogP contribution in [0.1, 0.15) is 24.2 Å². The molecule has 2 rings (SSSR count). The average molecular weight is 249 g/mol. The van der Waals surface area contributed by atoms with E-state index in [0.29, 0.717) is 12.3 Å². The van der Waals surface area contributed by atoms with Crippen molar-refractivity contribution < 1.29 is 5.11 Å². The zero-order valence-corrected chi connectivity index (χ0v) is 11.4. The summed E-state index contributed by atoms with van der Waals surface area (Å²) in [5.74, 6) is 0.300.